The maximum absolute atomic E-state index is 12.1. The van der Waals surface area contributed by atoms with Gasteiger partial charge in [-0.2, -0.15) is 0 Å². The number of benzene rings is 1. The predicted octanol–water partition coefficient (Wildman–Crippen LogP) is 2.52. The summed E-state index contributed by atoms with van der Waals surface area (Å²) in [5.74, 6) is -0.0802. The Morgan fingerprint density at radius 1 is 1.28 bits per heavy atom. The Balaban J connectivity index is 2.75. The summed E-state index contributed by atoms with van der Waals surface area (Å²) in [5.41, 5.74) is 1.73. The quantitative estimate of drug-likeness (QED) is 0.861. The van der Waals surface area contributed by atoms with Crippen LogP contribution in [-0.2, 0) is 0 Å². The first kappa shape index (κ1) is 14.7. The van der Waals surface area contributed by atoms with E-state index in [1.807, 2.05) is 31.2 Å². The van der Waals surface area contributed by atoms with Crippen LogP contribution in [0.1, 0.15) is 43.1 Å². The second-order valence-electron chi connectivity index (χ2n) is 5.77. The lowest BCUT2D eigenvalue weighted by atomic mass is 9.84. The van der Waals surface area contributed by atoms with E-state index in [9.17, 15) is 4.79 Å². The van der Waals surface area contributed by atoms with Gasteiger partial charge in [0.15, 0.2) is 0 Å². The first-order valence-corrected chi connectivity index (χ1v) is 6.33. The number of carbonyl (C=O) groups is 1. The molecule has 0 bridgehead atoms. The number of rotatable bonds is 4. The van der Waals surface area contributed by atoms with Crippen molar-refractivity contribution in [2.45, 2.75) is 40.2 Å². The molecule has 0 aliphatic heterocycles. The summed E-state index contributed by atoms with van der Waals surface area (Å²) in [5, 5.41) is 12.1. The molecule has 3 nitrogen and oxygen atoms in total. The highest BCUT2D eigenvalue weighted by Gasteiger charge is 2.25. The van der Waals surface area contributed by atoms with Crippen molar-refractivity contribution < 1.29 is 9.90 Å². The SMILES string of the molecule is Cc1ccc(C(=O)NC(CCO)C(C)(C)C)cc1. The molecule has 0 radical (unpaired) electrons. The molecule has 1 aromatic rings. The van der Waals surface area contributed by atoms with Crippen LogP contribution in [0.15, 0.2) is 24.3 Å². The average Bonchev–Trinajstić information content (AvgIpc) is 2.28. The number of amides is 1. The van der Waals surface area contributed by atoms with Crippen LogP contribution in [-0.4, -0.2) is 23.7 Å². The normalized spacial score (nSPS) is 13.2. The van der Waals surface area contributed by atoms with Gasteiger partial charge in [-0.15, -0.1) is 0 Å². The number of hydrogen-bond acceptors (Lipinski definition) is 2. The summed E-state index contributed by atoms with van der Waals surface area (Å²) in [4.78, 5) is 12.1. The third-order valence-electron chi connectivity index (χ3n) is 3.08. The predicted molar refractivity (Wildman–Crippen MR) is 73.6 cm³/mol. The van der Waals surface area contributed by atoms with Crippen LogP contribution >= 0.6 is 0 Å². The molecular weight excluding hydrogens is 226 g/mol. The number of carbonyl (C=O) groups excluding carboxylic acids is 1. The summed E-state index contributed by atoms with van der Waals surface area (Å²) in [6.45, 7) is 8.25. The number of nitrogens with one attached hydrogen (secondary N) is 1. The third-order valence-corrected chi connectivity index (χ3v) is 3.08. The molecule has 18 heavy (non-hydrogen) atoms. The van der Waals surface area contributed by atoms with Crippen molar-refractivity contribution >= 4 is 5.91 Å². The van der Waals surface area contributed by atoms with Crippen LogP contribution in [0, 0.1) is 12.3 Å². The number of aliphatic hydroxyl groups is 1. The molecule has 0 heterocycles. The molecule has 1 atom stereocenters. The van der Waals surface area contributed by atoms with Crippen LogP contribution in [0.2, 0.25) is 0 Å². The largest absolute Gasteiger partial charge is 0.396 e. The van der Waals surface area contributed by atoms with Gasteiger partial charge >= 0.3 is 0 Å². The number of hydrogen-bond donors (Lipinski definition) is 2. The minimum absolute atomic E-state index is 0.0312. The zero-order valence-corrected chi connectivity index (χ0v) is 11.7. The minimum atomic E-state index is -0.0802. The lowest BCUT2D eigenvalue weighted by molar-refractivity contribution is 0.0885. The van der Waals surface area contributed by atoms with Gasteiger partial charge in [0.05, 0.1) is 0 Å². The maximum atomic E-state index is 12.1. The summed E-state index contributed by atoms with van der Waals surface area (Å²) in [6.07, 6.45) is 0.571. The van der Waals surface area contributed by atoms with Gasteiger partial charge in [-0.1, -0.05) is 38.5 Å². The zero-order valence-electron chi connectivity index (χ0n) is 11.7. The fourth-order valence-electron chi connectivity index (χ4n) is 1.80. The van der Waals surface area contributed by atoms with Crippen molar-refractivity contribution in [2.75, 3.05) is 6.61 Å². The summed E-state index contributed by atoms with van der Waals surface area (Å²) >= 11 is 0. The standard InChI is InChI=1S/C15H23NO2/c1-11-5-7-12(8-6-11)14(18)16-13(9-10-17)15(2,3)4/h5-8,13,17H,9-10H2,1-4H3,(H,16,18). The zero-order chi connectivity index (χ0) is 13.8. The Morgan fingerprint density at radius 2 is 1.83 bits per heavy atom. The molecule has 1 amide bonds. The molecule has 0 fully saturated rings. The second kappa shape index (κ2) is 6.01. The lowest BCUT2D eigenvalue weighted by Gasteiger charge is -2.31. The van der Waals surface area contributed by atoms with Crippen molar-refractivity contribution in [3.8, 4) is 0 Å². The molecule has 3 heteroatoms. The van der Waals surface area contributed by atoms with Gasteiger partial charge in [-0.3, -0.25) is 4.79 Å². The van der Waals surface area contributed by atoms with Crippen LogP contribution in [0.5, 0.6) is 0 Å². The molecule has 0 aliphatic carbocycles. The Kier molecular flexibility index (Phi) is 4.91. The maximum Gasteiger partial charge on any atom is 0.251 e. The second-order valence-corrected chi connectivity index (χ2v) is 5.77. The molecule has 1 unspecified atom stereocenters. The third kappa shape index (κ3) is 4.15. The smallest absolute Gasteiger partial charge is 0.251 e. The van der Waals surface area contributed by atoms with Crippen LogP contribution < -0.4 is 5.32 Å². The Morgan fingerprint density at radius 3 is 2.28 bits per heavy atom. The van der Waals surface area contributed by atoms with Crippen LogP contribution in [0.4, 0.5) is 0 Å². The fourth-order valence-corrected chi connectivity index (χ4v) is 1.80. The first-order chi connectivity index (χ1) is 8.34. The van der Waals surface area contributed by atoms with Gasteiger partial charge in [0.25, 0.3) is 5.91 Å². The Labute approximate surface area is 109 Å². The molecule has 0 aromatic heterocycles. The van der Waals surface area contributed by atoms with Gasteiger partial charge in [-0.05, 0) is 30.9 Å². The molecular formula is C15H23NO2. The van der Waals surface area contributed by atoms with Crippen molar-refractivity contribution in [3.05, 3.63) is 35.4 Å². The molecule has 2 N–H and O–H groups in total. The minimum Gasteiger partial charge on any atom is -0.396 e. The molecule has 0 saturated heterocycles. The Hall–Kier alpha value is -1.35. The molecule has 100 valence electrons. The van der Waals surface area contributed by atoms with Gasteiger partial charge in [0.2, 0.25) is 0 Å². The van der Waals surface area contributed by atoms with E-state index in [1.54, 1.807) is 0 Å². The van der Waals surface area contributed by atoms with E-state index in [2.05, 4.69) is 26.1 Å². The summed E-state index contributed by atoms with van der Waals surface area (Å²) in [6, 6.07) is 7.46. The van der Waals surface area contributed by atoms with Crippen LogP contribution in [0.25, 0.3) is 0 Å². The van der Waals surface area contributed by atoms with Gasteiger partial charge in [-0.25, -0.2) is 0 Å². The monoisotopic (exact) mass is 249 g/mol. The van der Waals surface area contributed by atoms with E-state index in [-0.39, 0.29) is 24.0 Å². The fraction of sp³-hybridized carbons (Fsp3) is 0.533. The summed E-state index contributed by atoms with van der Waals surface area (Å²) < 4.78 is 0. The van der Waals surface area contributed by atoms with E-state index in [1.165, 1.54) is 0 Å². The van der Waals surface area contributed by atoms with Crippen molar-refractivity contribution in [2.24, 2.45) is 5.41 Å². The van der Waals surface area contributed by atoms with E-state index >= 15 is 0 Å². The number of aliphatic hydroxyl groups excluding tert-OH is 1. The Bertz CT molecular complexity index is 390. The van der Waals surface area contributed by atoms with Gasteiger partial charge < -0.3 is 10.4 Å². The topological polar surface area (TPSA) is 49.3 Å². The van der Waals surface area contributed by atoms with Crippen molar-refractivity contribution in [1.82, 2.24) is 5.32 Å². The van der Waals surface area contributed by atoms with Crippen molar-refractivity contribution in [1.29, 1.82) is 0 Å². The summed E-state index contributed by atoms with van der Waals surface area (Å²) in [7, 11) is 0. The van der Waals surface area contributed by atoms with Gasteiger partial charge in [0.1, 0.15) is 0 Å². The highest BCUT2D eigenvalue weighted by atomic mass is 16.3. The highest BCUT2D eigenvalue weighted by molar-refractivity contribution is 5.94. The molecule has 1 aromatic carbocycles. The van der Waals surface area contributed by atoms with E-state index in [4.69, 9.17) is 5.11 Å². The molecule has 0 saturated carbocycles. The van der Waals surface area contributed by atoms with Gasteiger partial charge in [0, 0.05) is 18.2 Å². The number of aryl methyl sites for hydroxylation is 1. The highest BCUT2D eigenvalue weighted by Crippen LogP contribution is 2.22. The lowest BCUT2D eigenvalue weighted by Crippen LogP contribution is -2.44. The molecule has 0 aliphatic rings. The molecule has 1 rings (SSSR count). The van der Waals surface area contributed by atoms with E-state index in [0.717, 1.165) is 5.56 Å². The van der Waals surface area contributed by atoms with Crippen LogP contribution in [0.3, 0.4) is 0 Å². The van der Waals surface area contributed by atoms with Crippen molar-refractivity contribution in [3.63, 3.8) is 0 Å². The molecule has 0 spiro atoms. The first-order valence-electron chi connectivity index (χ1n) is 6.33. The average molecular weight is 249 g/mol. The van der Waals surface area contributed by atoms with E-state index in [0.29, 0.717) is 12.0 Å². The van der Waals surface area contributed by atoms with E-state index < -0.39 is 0 Å².